The van der Waals surface area contributed by atoms with Crippen molar-refractivity contribution in [3.8, 4) is 21.9 Å². The molecule has 4 rings (SSSR count). The number of nitrogens with one attached hydrogen (secondary N) is 1. The van der Waals surface area contributed by atoms with Gasteiger partial charge in [-0.25, -0.2) is 0 Å². The number of amides is 1. The molecule has 0 bridgehead atoms. The number of ether oxygens (including phenoxy) is 2. The maximum atomic E-state index is 12.6. The third kappa shape index (κ3) is 3.10. The van der Waals surface area contributed by atoms with E-state index in [4.69, 9.17) is 9.47 Å². The molecule has 4 nitrogen and oxygen atoms in total. The number of carbonyl (C=O) groups excluding carboxylic acids is 1. The fraction of sp³-hybridized carbons (Fsp3) is 0.150. The molecule has 3 aromatic rings. The fourth-order valence-electron chi connectivity index (χ4n) is 2.81. The van der Waals surface area contributed by atoms with E-state index in [1.54, 1.807) is 0 Å². The van der Waals surface area contributed by atoms with Gasteiger partial charge < -0.3 is 14.8 Å². The van der Waals surface area contributed by atoms with E-state index < -0.39 is 0 Å². The van der Waals surface area contributed by atoms with Crippen molar-refractivity contribution < 1.29 is 14.3 Å². The molecular formula is C20H17NO3S. The minimum atomic E-state index is -0.110. The van der Waals surface area contributed by atoms with Crippen LogP contribution in [0.25, 0.3) is 10.4 Å². The minimum Gasteiger partial charge on any atom is -0.494 e. The first-order chi connectivity index (χ1) is 12.2. The lowest BCUT2D eigenvalue weighted by Gasteiger charge is -2.16. The summed E-state index contributed by atoms with van der Waals surface area (Å²) in [4.78, 5) is 14.4. The van der Waals surface area contributed by atoms with Crippen LogP contribution in [0.4, 0.5) is 5.69 Å². The highest BCUT2D eigenvalue weighted by Crippen LogP contribution is 2.42. The van der Waals surface area contributed by atoms with Crippen LogP contribution in [0, 0.1) is 0 Å². The molecule has 126 valence electrons. The lowest BCUT2D eigenvalue weighted by atomic mass is 10.1. The maximum Gasteiger partial charge on any atom is 0.265 e. The van der Waals surface area contributed by atoms with Crippen LogP contribution in [0.3, 0.4) is 0 Å². The molecule has 0 fully saturated rings. The molecule has 2 heterocycles. The highest BCUT2D eigenvalue weighted by atomic mass is 32.1. The highest BCUT2D eigenvalue weighted by Gasteiger charge is 2.22. The Morgan fingerprint density at radius 3 is 2.80 bits per heavy atom. The van der Waals surface area contributed by atoms with Crippen LogP contribution in [0.1, 0.15) is 22.2 Å². The standard InChI is InChI=1S/C20H17NO3S/c1-2-23-15-9-7-14(8-10-15)21-20(22)18-11-13-12-24-17-6-4-3-5-16(17)19(13)25-18/h3-11H,2,12H2,1H3,(H,21,22). The Balaban J connectivity index is 1.55. The van der Waals surface area contributed by atoms with Gasteiger partial charge in [0, 0.05) is 21.7 Å². The number of rotatable bonds is 4. The molecule has 25 heavy (non-hydrogen) atoms. The summed E-state index contributed by atoms with van der Waals surface area (Å²) in [6.45, 7) is 3.06. The molecule has 1 amide bonds. The van der Waals surface area contributed by atoms with E-state index in [2.05, 4.69) is 5.32 Å². The SMILES string of the molecule is CCOc1ccc(NC(=O)c2cc3c(s2)-c2ccccc2OC3)cc1. The molecule has 0 spiro atoms. The molecule has 1 N–H and O–H groups in total. The van der Waals surface area contributed by atoms with Crippen LogP contribution in [-0.2, 0) is 6.61 Å². The van der Waals surface area contributed by atoms with E-state index >= 15 is 0 Å². The van der Waals surface area contributed by atoms with E-state index in [0.717, 1.165) is 33.2 Å². The lowest BCUT2D eigenvalue weighted by molar-refractivity contribution is 0.103. The number of carbonyl (C=O) groups is 1. The van der Waals surface area contributed by atoms with Crippen molar-refractivity contribution in [3.05, 3.63) is 65.0 Å². The van der Waals surface area contributed by atoms with Crippen molar-refractivity contribution >= 4 is 22.9 Å². The average Bonchev–Trinajstić information content (AvgIpc) is 3.08. The number of hydrogen-bond donors (Lipinski definition) is 1. The normalized spacial score (nSPS) is 11.9. The molecule has 0 radical (unpaired) electrons. The quantitative estimate of drug-likeness (QED) is 0.723. The van der Waals surface area contributed by atoms with E-state index in [1.165, 1.54) is 11.3 Å². The zero-order chi connectivity index (χ0) is 17.2. The largest absolute Gasteiger partial charge is 0.494 e. The zero-order valence-electron chi connectivity index (χ0n) is 13.7. The van der Waals surface area contributed by atoms with Crippen molar-refractivity contribution in [1.29, 1.82) is 0 Å². The summed E-state index contributed by atoms with van der Waals surface area (Å²) in [7, 11) is 0. The van der Waals surface area contributed by atoms with E-state index in [9.17, 15) is 4.79 Å². The Morgan fingerprint density at radius 2 is 2.00 bits per heavy atom. The van der Waals surface area contributed by atoms with E-state index in [1.807, 2.05) is 61.5 Å². The van der Waals surface area contributed by atoms with Crippen molar-refractivity contribution in [2.75, 3.05) is 11.9 Å². The molecule has 0 saturated carbocycles. The van der Waals surface area contributed by atoms with Crippen LogP contribution in [0.15, 0.2) is 54.6 Å². The predicted octanol–water partition coefficient (Wildman–Crippen LogP) is 4.96. The first-order valence-electron chi connectivity index (χ1n) is 8.13. The van der Waals surface area contributed by atoms with Gasteiger partial charge in [0.05, 0.1) is 11.5 Å². The zero-order valence-corrected chi connectivity index (χ0v) is 14.6. The molecule has 5 heteroatoms. The van der Waals surface area contributed by atoms with Crippen molar-refractivity contribution in [3.63, 3.8) is 0 Å². The number of hydrogen-bond acceptors (Lipinski definition) is 4. The van der Waals surface area contributed by atoms with E-state index in [0.29, 0.717) is 18.1 Å². The first kappa shape index (κ1) is 15.7. The second-order valence-corrected chi connectivity index (χ2v) is 6.71. The van der Waals surface area contributed by atoms with Crippen molar-refractivity contribution in [2.45, 2.75) is 13.5 Å². The maximum absolute atomic E-state index is 12.6. The lowest BCUT2D eigenvalue weighted by Crippen LogP contribution is -2.10. The smallest absolute Gasteiger partial charge is 0.265 e. The molecule has 2 aromatic carbocycles. The molecule has 1 aliphatic heterocycles. The Labute approximate surface area is 150 Å². The number of benzene rings is 2. The van der Waals surface area contributed by atoms with Gasteiger partial charge in [-0.1, -0.05) is 12.1 Å². The van der Waals surface area contributed by atoms with Gasteiger partial charge in [0.2, 0.25) is 0 Å². The summed E-state index contributed by atoms with van der Waals surface area (Å²) < 4.78 is 11.2. The Morgan fingerprint density at radius 1 is 1.20 bits per heavy atom. The molecule has 0 saturated heterocycles. The predicted molar refractivity (Wildman–Crippen MR) is 99.7 cm³/mol. The monoisotopic (exact) mass is 351 g/mol. The van der Waals surface area contributed by atoms with Gasteiger partial charge in [-0.15, -0.1) is 11.3 Å². The minimum absolute atomic E-state index is 0.110. The Kier molecular flexibility index (Phi) is 4.15. The van der Waals surface area contributed by atoms with Crippen LogP contribution in [0.5, 0.6) is 11.5 Å². The Bertz CT molecular complexity index is 915. The first-order valence-corrected chi connectivity index (χ1v) is 8.95. The summed E-state index contributed by atoms with van der Waals surface area (Å²) in [5.41, 5.74) is 2.85. The summed E-state index contributed by atoms with van der Waals surface area (Å²) in [5, 5.41) is 2.94. The van der Waals surface area contributed by atoms with Crippen LogP contribution >= 0.6 is 11.3 Å². The second-order valence-electron chi connectivity index (χ2n) is 5.66. The summed E-state index contributed by atoms with van der Waals surface area (Å²) in [5.74, 6) is 1.55. The van der Waals surface area contributed by atoms with Gasteiger partial charge in [0.1, 0.15) is 18.1 Å². The number of fused-ring (bicyclic) bond motifs is 3. The third-order valence-electron chi connectivity index (χ3n) is 3.97. The second kappa shape index (κ2) is 6.61. The molecule has 1 aliphatic rings. The number of para-hydroxylation sites is 1. The van der Waals surface area contributed by atoms with Crippen LogP contribution in [-0.4, -0.2) is 12.5 Å². The topological polar surface area (TPSA) is 47.6 Å². The molecule has 1 aromatic heterocycles. The van der Waals surface area contributed by atoms with Crippen molar-refractivity contribution in [1.82, 2.24) is 0 Å². The van der Waals surface area contributed by atoms with E-state index in [-0.39, 0.29) is 5.91 Å². The van der Waals surface area contributed by atoms with Gasteiger partial charge in [-0.2, -0.15) is 0 Å². The number of anilines is 1. The molecule has 0 aliphatic carbocycles. The van der Waals surface area contributed by atoms with Crippen LogP contribution in [0.2, 0.25) is 0 Å². The van der Waals surface area contributed by atoms with Crippen molar-refractivity contribution in [2.24, 2.45) is 0 Å². The Hall–Kier alpha value is -2.79. The summed E-state index contributed by atoms with van der Waals surface area (Å²) in [6.07, 6.45) is 0. The van der Waals surface area contributed by atoms with Gasteiger partial charge in [0.15, 0.2) is 0 Å². The summed E-state index contributed by atoms with van der Waals surface area (Å²) in [6, 6.07) is 17.2. The van der Waals surface area contributed by atoms with Gasteiger partial charge >= 0.3 is 0 Å². The molecule has 0 atom stereocenters. The van der Waals surface area contributed by atoms with Gasteiger partial charge in [-0.05, 0) is 49.4 Å². The van der Waals surface area contributed by atoms with Crippen LogP contribution < -0.4 is 14.8 Å². The fourth-order valence-corrected chi connectivity index (χ4v) is 3.90. The van der Waals surface area contributed by atoms with Gasteiger partial charge in [0.25, 0.3) is 5.91 Å². The summed E-state index contributed by atoms with van der Waals surface area (Å²) >= 11 is 1.50. The van der Waals surface area contributed by atoms with Gasteiger partial charge in [-0.3, -0.25) is 4.79 Å². The average molecular weight is 351 g/mol. The highest BCUT2D eigenvalue weighted by molar-refractivity contribution is 7.17. The number of thiophene rings is 1. The third-order valence-corrected chi connectivity index (χ3v) is 5.18. The molecular weight excluding hydrogens is 334 g/mol. The molecule has 0 unspecified atom stereocenters.